The van der Waals surface area contributed by atoms with Gasteiger partial charge in [0.1, 0.15) is 42.7 Å². The number of esters is 1. The number of cyclic esters (lactones) is 1. The van der Waals surface area contributed by atoms with Crippen LogP contribution >= 0.6 is 22.6 Å². The standard InChI is InChI=1S/C42H62FIN6O13S/c1-21-18-41(6,59-9)36(24(4)32(52)25(5)37(55)62-39(44)42(7)35(23(3)31(21)51)50(45)40(56)63-42)61-38-34(54)29(17-22(2)60-38)48(8)16-15-27-20-49(47-46-27)30(19-43)33(53)26-11-13-28(14-12-26)64(10,57)58/h11-14,20-25,29-30,33-36,38-39,53-54H,15-19,45H2,1-10H3/t21-,22-,23+,24+,25-,29+,30-,33-,34-,35-,36-,38+,39+,41-,42+/m1/s1. The zero-order valence-corrected chi connectivity index (χ0v) is 40.8. The molecular formula is C42H62FIN6O13S. The van der Waals surface area contributed by atoms with Crippen LogP contribution in [-0.4, -0.2) is 153 Å². The molecule has 15 atom stereocenters. The number of Topliss-reactive ketones (excluding diaryl/α,β-unsaturated/α-hetero) is 2. The van der Waals surface area contributed by atoms with E-state index in [9.17, 15) is 42.2 Å². The van der Waals surface area contributed by atoms with Crippen molar-refractivity contribution >= 4 is 56.1 Å². The molecule has 4 heterocycles. The van der Waals surface area contributed by atoms with E-state index >= 15 is 0 Å². The van der Waals surface area contributed by atoms with Gasteiger partial charge in [-0.2, -0.15) is 0 Å². The van der Waals surface area contributed by atoms with Crippen molar-refractivity contribution in [3.63, 3.8) is 0 Å². The van der Waals surface area contributed by atoms with Crippen molar-refractivity contribution in [2.75, 3.05) is 33.6 Å². The molecule has 1 amide bonds. The highest BCUT2D eigenvalue weighted by Gasteiger charge is 2.60. The van der Waals surface area contributed by atoms with Crippen LogP contribution in [0.2, 0.25) is 0 Å². The van der Waals surface area contributed by atoms with E-state index in [0.29, 0.717) is 30.6 Å². The average Bonchev–Trinajstić information content (AvgIpc) is 3.81. The van der Waals surface area contributed by atoms with E-state index in [0.717, 1.165) is 11.3 Å². The Morgan fingerprint density at radius 1 is 1.08 bits per heavy atom. The molecule has 22 heteroatoms. The van der Waals surface area contributed by atoms with Gasteiger partial charge in [0.05, 0.1) is 28.4 Å². The van der Waals surface area contributed by atoms with E-state index in [4.69, 9.17) is 29.5 Å². The van der Waals surface area contributed by atoms with Crippen molar-refractivity contribution in [1.82, 2.24) is 24.9 Å². The van der Waals surface area contributed by atoms with Gasteiger partial charge >= 0.3 is 12.1 Å². The molecule has 0 bridgehead atoms. The van der Waals surface area contributed by atoms with Crippen molar-refractivity contribution < 1.29 is 65.9 Å². The van der Waals surface area contributed by atoms with Gasteiger partial charge in [0.15, 0.2) is 31.6 Å². The number of amides is 1. The van der Waals surface area contributed by atoms with E-state index in [1.807, 2.05) is 11.8 Å². The summed E-state index contributed by atoms with van der Waals surface area (Å²) in [6.07, 6.45) is -3.16. The fourth-order valence-electron chi connectivity index (χ4n) is 9.21. The summed E-state index contributed by atoms with van der Waals surface area (Å²) in [5.74, 6) is 0.368. The molecule has 0 unspecified atom stereocenters. The minimum absolute atomic E-state index is 0.0163. The first kappa shape index (κ1) is 51.7. The molecule has 1 aromatic carbocycles. The minimum Gasteiger partial charge on any atom is -0.447 e. The van der Waals surface area contributed by atoms with Crippen LogP contribution in [0.3, 0.4) is 0 Å². The number of aliphatic hydroxyl groups excluding tert-OH is 2. The number of carbonyl (C=O) groups is 4. The van der Waals surface area contributed by atoms with Crippen LogP contribution in [0.15, 0.2) is 35.4 Å². The van der Waals surface area contributed by atoms with Crippen molar-refractivity contribution in [3.8, 4) is 0 Å². The van der Waals surface area contributed by atoms with E-state index < -0.39 is 122 Å². The lowest BCUT2D eigenvalue weighted by Crippen LogP contribution is -2.60. The number of aromatic nitrogens is 3. The van der Waals surface area contributed by atoms with Gasteiger partial charge in [0.25, 0.3) is 0 Å². The van der Waals surface area contributed by atoms with Crippen molar-refractivity contribution in [2.24, 2.45) is 29.5 Å². The number of sulfone groups is 1. The fraction of sp³-hybridized carbons (Fsp3) is 0.714. The Morgan fingerprint density at radius 3 is 2.31 bits per heavy atom. The first-order chi connectivity index (χ1) is 29.8. The number of fused-ring (bicyclic) bond motifs is 1. The van der Waals surface area contributed by atoms with Crippen molar-refractivity contribution in [1.29, 1.82) is 0 Å². The Hall–Kier alpha value is -3.23. The molecule has 358 valence electrons. The Kier molecular flexibility index (Phi) is 16.4. The predicted octanol–water partition coefficient (Wildman–Crippen LogP) is 2.90. The number of hydrazine groups is 1. The van der Waals surface area contributed by atoms with Crippen LogP contribution in [0, 0.1) is 23.7 Å². The predicted molar refractivity (Wildman–Crippen MR) is 235 cm³/mol. The van der Waals surface area contributed by atoms with Gasteiger partial charge in [-0.15, -0.1) is 5.10 Å². The highest BCUT2D eigenvalue weighted by molar-refractivity contribution is 14.1. The number of aliphatic hydroxyl groups is 2. The minimum atomic E-state index is -3.47. The van der Waals surface area contributed by atoms with Gasteiger partial charge in [-0.1, -0.05) is 38.1 Å². The number of carbonyl (C=O) groups excluding carboxylic acids is 4. The third kappa shape index (κ3) is 10.6. The number of halogens is 2. The lowest BCUT2D eigenvalue weighted by molar-refractivity contribution is -0.296. The molecule has 1 aromatic heterocycles. The Bertz CT molecular complexity index is 2120. The number of nitrogens with zero attached hydrogens (tertiary/aromatic N) is 5. The fourth-order valence-corrected chi connectivity index (χ4v) is 10.6. The summed E-state index contributed by atoms with van der Waals surface area (Å²) in [6.45, 7) is 10.7. The summed E-state index contributed by atoms with van der Waals surface area (Å²) in [7, 11) is -0.251. The summed E-state index contributed by atoms with van der Waals surface area (Å²) in [5.41, 5.74) is -2.15. The second-order valence-corrected chi connectivity index (χ2v) is 21.1. The number of benzene rings is 1. The smallest absolute Gasteiger partial charge is 0.425 e. The van der Waals surface area contributed by atoms with Crippen LogP contribution in [-0.2, 0) is 54.3 Å². The van der Waals surface area contributed by atoms with Gasteiger partial charge in [-0.25, -0.2) is 33.1 Å². The molecule has 0 spiro atoms. The quantitative estimate of drug-likeness (QED) is 0.0690. The summed E-state index contributed by atoms with van der Waals surface area (Å²) < 4.78 is 68.5. The van der Waals surface area contributed by atoms with Crippen LogP contribution in [0.5, 0.6) is 0 Å². The third-order valence-electron chi connectivity index (χ3n) is 13.2. The molecule has 3 fully saturated rings. The van der Waals surface area contributed by atoms with Gasteiger partial charge in [0, 0.05) is 56.3 Å². The topological polar surface area (TPSA) is 252 Å². The van der Waals surface area contributed by atoms with Crippen molar-refractivity contribution in [2.45, 2.75) is 137 Å². The summed E-state index contributed by atoms with van der Waals surface area (Å²) in [6, 6.07) is 2.81. The normalized spacial score (nSPS) is 35.7. The molecular weight excluding hydrogens is 974 g/mol. The maximum Gasteiger partial charge on any atom is 0.425 e. The molecule has 0 saturated carbocycles. The monoisotopic (exact) mass is 1040 g/mol. The van der Waals surface area contributed by atoms with Crippen LogP contribution in [0.4, 0.5) is 9.18 Å². The zero-order valence-electron chi connectivity index (χ0n) is 37.8. The SMILES string of the molecule is CO[C@]1(C)C[C@@H](C)C(=O)[C@H](C)[C@H]2N(N)C(=O)O[C@]2(C)[C@@H](I)OC(=O)[C@H](C)C(=O)[C@H](C)[C@H]1O[C@@H]1O[C@H](C)C[C@H](N(C)CCc2cn([C@H](CF)[C@H](O)c3ccc(S(C)(=O)=O)cc3)nn2)[C@H]1O. The average molecular weight is 1040 g/mol. The molecule has 3 saturated heterocycles. The molecule has 3 aliphatic heterocycles. The second kappa shape index (κ2) is 20.3. The van der Waals surface area contributed by atoms with Crippen LogP contribution in [0.25, 0.3) is 0 Å². The Labute approximate surface area is 386 Å². The summed E-state index contributed by atoms with van der Waals surface area (Å²) >= 11 is 1.80. The third-order valence-corrected chi connectivity index (χ3v) is 15.8. The maximum atomic E-state index is 14.4. The second-order valence-electron chi connectivity index (χ2n) is 18.0. The number of hydrogen-bond acceptors (Lipinski definition) is 17. The summed E-state index contributed by atoms with van der Waals surface area (Å²) in [5, 5.41) is 32.0. The number of likely N-dealkylation sites (N-methyl/N-ethyl adjacent to an activating group) is 1. The number of nitrogens with two attached hydrogens (primary N) is 1. The van der Waals surface area contributed by atoms with Crippen LogP contribution in [0.1, 0.15) is 84.7 Å². The zero-order chi connectivity index (χ0) is 47.8. The van der Waals surface area contributed by atoms with E-state index in [-0.39, 0.29) is 17.1 Å². The lowest BCUT2D eigenvalue weighted by atomic mass is 9.74. The number of methoxy groups -OCH3 is 1. The van der Waals surface area contributed by atoms with E-state index in [2.05, 4.69) is 10.3 Å². The molecule has 3 aliphatic rings. The summed E-state index contributed by atoms with van der Waals surface area (Å²) in [4.78, 5) is 56.9. The first-order valence-corrected chi connectivity index (χ1v) is 24.3. The van der Waals surface area contributed by atoms with Gasteiger partial charge < -0.3 is 38.8 Å². The first-order valence-electron chi connectivity index (χ1n) is 21.2. The number of rotatable bonds is 12. The molecule has 2 aromatic rings. The molecule has 0 radical (unpaired) electrons. The van der Waals surface area contributed by atoms with E-state index in [1.165, 1.54) is 56.1 Å². The molecule has 0 aliphatic carbocycles. The number of ether oxygens (including phenoxy) is 5. The Morgan fingerprint density at radius 2 is 1.72 bits per heavy atom. The molecule has 5 rings (SSSR count). The highest BCUT2D eigenvalue weighted by Crippen LogP contribution is 2.43. The highest BCUT2D eigenvalue weighted by atomic mass is 127. The molecule has 19 nitrogen and oxygen atoms in total. The van der Waals surface area contributed by atoms with E-state index in [1.54, 1.807) is 57.3 Å². The number of ketones is 2. The molecule has 64 heavy (non-hydrogen) atoms. The number of hydrogen-bond donors (Lipinski definition) is 3. The largest absolute Gasteiger partial charge is 0.447 e. The van der Waals surface area contributed by atoms with Gasteiger partial charge in [-0.05, 0) is 87.9 Å². The number of alkyl halides is 2. The lowest BCUT2D eigenvalue weighted by Gasteiger charge is -2.47. The van der Waals surface area contributed by atoms with Crippen LogP contribution < -0.4 is 5.84 Å². The maximum absolute atomic E-state index is 14.4. The Balaban J connectivity index is 1.35. The van der Waals surface area contributed by atoms with Gasteiger partial charge in [0.2, 0.25) is 0 Å². The molecule has 4 N–H and O–H groups in total. The van der Waals surface area contributed by atoms with Crippen molar-refractivity contribution in [3.05, 3.63) is 41.7 Å². The van der Waals surface area contributed by atoms with Gasteiger partial charge in [-0.3, -0.25) is 14.4 Å².